The van der Waals surface area contributed by atoms with Crippen molar-refractivity contribution in [3.8, 4) is 0 Å². The molecule has 1 aliphatic carbocycles. The molecule has 0 aliphatic heterocycles. The molecule has 2 rings (SSSR count). The number of hydrogen-bond donors (Lipinski definition) is 1. The fourth-order valence-electron chi connectivity index (χ4n) is 2.97. The molecule has 0 saturated heterocycles. The van der Waals surface area contributed by atoms with Gasteiger partial charge in [-0.25, -0.2) is 0 Å². The topological polar surface area (TPSA) is 29.1 Å². The highest BCUT2D eigenvalue weighted by molar-refractivity contribution is 14.1. The second-order valence-electron chi connectivity index (χ2n) is 5.40. The highest BCUT2D eigenvalue weighted by atomic mass is 127. The summed E-state index contributed by atoms with van der Waals surface area (Å²) in [6.07, 6.45) is 7.56. The van der Waals surface area contributed by atoms with Crippen LogP contribution >= 0.6 is 22.6 Å². The van der Waals surface area contributed by atoms with Crippen LogP contribution in [0.15, 0.2) is 24.3 Å². The summed E-state index contributed by atoms with van der Waals surface area (Å²) in [5, 5.41) is 3.24. The van der Waals surface area contributed by atoms with Gasteiger partial charge in [-0.15, -0.1) is 0 Å². The molecule has 0 bridgehead atoms. The van der Waals surface area contributed by atoms with Crippen molar-refractivity contribution in [2.45, 2.75) is 51.5 Å². The van der Waals surface area contributed by atoms with Gasteiger partial charge in [-0.2, -0.15) is 0 Å². The molecule has 1 fully saturated rings. The van der Waals surface area contributed by atoms with Gasteiger partial charge in [0.1, 0.15) is 0 Å². The van der Waals surface area contributed by atoms with Crippen molar-refractivity contribution in [1.82, 2.24) is 5.32 Å². The zero-order chi connectivity index (χ0) is 13.7. The summed E-state index contributed by atoms with van der Waals surface area (Å²) in [7, 11) is 0. The number of rotatable bonds is 4. The lowest BCUT2D eigenvalue weighted by atomic mass is 9.83. The van der Waals surface area contributed by atoms with E-state index in [2.05, 4.69) is 34.8 Å². The Morgan fingerprint density at radius 2 is 2.11 bits per heavy atom. The summed E-state index contributed by atoms with van der Waals surface area (Å²) in [6.45, 7) is 2.17. The van der Waals surface area contributed by atoms with Gasteiger partial charge in [-0.1, -0.05) is 32.3 Å². The van der Waals surface area contributed by atoms with Crippen molar-refractivity contribution in [1.29, 1.82) is 0 Å². The van der Waals surface area contributed by atoms with Gasteiger partial charge in [0.15, 0.2) is 0 Å². The average Bonchev–Trinajstić information content (AvgIpc) is 2.45. The monoisotopic (exact) mass is 371 g/mol. The number of amides is 1. The third-order valence-corrected chi connectivity index (χ3v) is 4.73. The highest BCUT2D eigenvalue weighted by Crippen LogP contribution is 2.27. The lowest BCUT2D eigenvalue weighted by molar-refractivity contribution is 0.0911. The summed E-state index contributed by atoms with van der Waals surface area (Å²) >= 11 is 2.25. The molecule has 1 saturated carbocycles. The van der Waals surface area contributed by atoms with E-state index in [0.29, 0.717) is 12.0 Å². The molecule has 19 heavy (non-hydrogen) atoms. The van der Waals surface area contributed by atoms with Crippen molar-refractivity contribution >= 4 is 28.5 Å². The molecule has 1 atom stereocenters. The van der Waals surface area contributed by atoms with Crippen LogP contribution in [0, 0.1) is 9.49 Å². The van der Waals surface area contributed by atoms with Crippen LogP contribution in [0.1, 0.15) is 55.8 Å². The Morgan fingerprint density at radius 3 is 2.74 bits per heavy atom. The first-order valence-corrected chi connectivity index (χ1v) is 8.35. The Kier molecular flexibility index (Phi) is 5.67. The maximum absolute atomic E-state index is 12.3. The van der Waals surface area contributed by atoms with Crippen molar-refractivity contribution in [2.24, 2.45) is 5.92 Å². The van der Waals surface area contributed by atoms with E-state index >= 15 is 0 Å². The van der Waals surface area contributed by atoms with E-state index in [1.807, 2.05) is 24.3 Å². The second-order valence-corrected chi connectivity index (χ2v) is 6.64. The smallest absolute Gasteiger partial charge is 0.251 e. The van der Waals surface area contributed by atoms with Crippen LogP contribution < -0.4 is 5.32 Å². The lowest BCUT2D eigenvalue weighted by Crippen LogP contribution is -2.40. The van der Waals surface area contributed by atoms with E-state index < -0.39 is 0 Å². The van der Waals surface area contributed by atoms with Crippen LogP contribution in [0.3, 0.4) is 0 Å². The van der Waals surface area contributed by atoms with Crippen LogP contribution in [0.4, 0.5) is 0 Å². The van der Waals surface area contributed by atoms with Gasteiger partial charge in [0, 0.05) is 15.2 Å². The molecular formula is C16H22INO. The molecule has 0 aromatic heterocycles. The fraction of sp³-hybridized carbons (Fsp3) is 0.562. The summed E-state index contributed by atoms with van der Waals surface area (Å²) in [5.41, 5.74) is 0.779. The first kappa shape index (κ1) is 14.8. The number of carbonyl (C=O) groups excluding carboxylic acids is 1. The van der Waals surface area contributed by atoms with Crippen LogP contribution in [0.25, 0.3) is 0 Å². The lowest BCUT2D eigenvalue weighted by Gasteiger charge is -2.30. The minimum Gasteiger partial charge on any atom is -0.349 e. The van der Waals surface area contributed by atoms with E-state index in [1.54, 1.807) is 0 Å². The summed E-state index contributed by atoms with van der Waals surface area (Å²) < 4.78 is 1.11. The van der Waals surface area contributed by atoms with Crippen molar-refractivity contribution in [3.63, 3.8) is 0 Å². The Hall–Kier alpha value is -0.580. The molecule has 1 aromatic carbocycles. The molecular weight excluding hydrogens is 349 g/mol. The first-order chi connectivity index (χ1) is 9.20. The largest absolute Gasteiger partial charge is 0.349 e. The Labute approximate surface area is 129 Å². The predicted octanol–water partition coefficient (Wildman–Crippen LogP) is 4.38. The molecule has 1 amide bonds. The predicted molar refractivity (Wildman–Crippen MR) is 87.3 cm³/mol. The van der Waals surface area contributed by atoms with Crippen LogP contribution in [0.2, 0.25) is 0 Å². The number of carbonyl (C=O) groups is 1. The van der Waals surface area contributed by atoms with Gasteiger partial charge < -0.3 is 5.32 Å². The molecule has 1 aliphatic rings. The van der Waals surface area contributed by atoms with Crippen molar-refractivity contribution in [3.05, 3.63) is 33.4 Å². The standard InChI is InChI=1S/C16H22INO/c1-2-15(12-7-4-3-5-8-12)18-16(19)13-9-6-10-14(17)11-13/h6,9-12,15H,2-5,7-8H2,1H3,(H,18,19). The highest BCUT2D eigenvalue weighted by Gasteiger charge is 2.23. The first-order valence-electron chi connectivity index (χ1n) is 7.27. The molecule has 0 spiro atoms. The summed E-state index contributed by atoms with van der Waals surface area (Å²) in [5.74, 6) is 0.751. The number of hydrogen-bond acceptors (Lipinski definition) is 1. The molecule has 104 valence electrons. The van der Waals surface area contributed by atoms with Crippen molar-refractivity contribution < 1.29 is 4.79 Å². The Balaban J connectivity index is 1.99. The SMILES string of the molecule is CCC(NC(=O)c1cccc(I)c1)C1CCCCC1. The molecule has 2 nitrogen and oxygen atoms in total. The molecule has 3 heteroatoms. The third-order valence-electron chi connectivity index (χ3n) is 4.06. The Bertz CT molecular complexity index is 427. The van der Waals surface area contributed by atoms with Gasteiger partial charge in [0.05, 0.1) is 0 Å². The van der Waals surface area contributed by atoms with Gasteiger partial charge in [-0.05, 0) is 66.0 Å². The average molecular weight is 371 g/mol. The minimum absolute atomic E-state index is 0.0796. The van der Waals surface area contributed by atoms with Gasteiger partial charge in [0.2, 0.25) is 0 Å². The van der Waals surface area contributed by atoms with Gasteiger partial charge in [-0.3, -0.25) is 4.79 Å². The number of halogens is 1. The van der Waals surface area contributed by atoms with E-state index in [-0.39, 0.29) is 5.91 Å². The van der Waals surface area contributed by atoms with Gasteiger partial charge >= 0.3 is 0 Å². The molecule has 0 radical (unpaired) electrons. The molecule has 0 heterocycles. The maximum Gasteiger partial charge on any atom is 0.251 e. The number of nitrogens with one attached hydrogen (secondary N) is 1. The van der Waals surface area contributed by atoms with E-state index in [9.17, 15) is 4.79 Å². The summed E-state index contributed by atoms with van der Waals surface area (Å²) in [6, 6.07) is 8.13. The van der Waals surface area contributed by atoms with Crippen LogP contribution in [-0.2, 0) is 0 Å². The zero-order valence-corrected chi connectivity index (χ0v) is 13.7. The molecule has 1 unspecified atom stereocenters. The third kappa shape index (κ3) is 4.20. The summed E-state index contributed by atoms with van der Waals surface area (Å²) in [4.78, 5) is 12.3. The second kappa shape index (κ2) is 7.27. The van der Waals surface area contributed by atoms with Crippen molar-refractivity contribution in [2.75, 3.05) is 0 Å². The molecule has 1 N–H and O–H groups in total. The van der Waals surface area contributed by atoms with Crippen LogP contribution in [-0.4, -0.2) is 11.9 Å². The van der Waals surface area contributed by atoms with Crippen LogP contribution in [0.5, 0.6) is 0 Å². The fourth-order valence-corrected chi connectivity index (χ4v) is 3.51. The quantitative estimate of drug-likeness (QED) is 0.782. The maximum atomic E-state index is 12.3. The van der Waals surface area contributed by atoms with E-state index in [4.69, 9.17) is 0 Å². The normalized spacial score (nSPS) is 18.0. The van der Waals surface area contributed by atoms with E-state index in [0.717, 1.165) is 15.6 Å². The Morgan fingerprint density at radius 1 is 1.37 bits per heavy atom. The zero-order valence-electron chi connectivity index (χ0n) is 11.5. The minimum atomic E-state index is 0.0796. The van der Waals surface area contributed by atoms with Gasteiger partial charge in [0.25, 0.3) is 5.91 Å². The van der Waals surface area contributed by atoms with E-state index in [1.165, 1.54) is 32.1 Å². The molecule has 1 aromatic rings. The number of benzene rings is 1.